The Morgan fingerprint density at radius 1 is 1.42 bits per heavy atom. The zero-order valence-corrected chi connectivity index (χ0v) is 14.4. The molecule has 24 heavy (non-hydrogen) atoms. The van der Waals surface area contributed by atoms with Gasteiger partial charge in [0.25, 0.3) is 5.91 Å². The molecule has 0 saturated carbocycles. The Hall–Kier alpha value is -1.95. The molecule has 3 aliphatic rings. The van der Waals surface area contributed by atoms with Crippen molar-refractivity contribution in [2.75, 3.05) is 13.2 Å². The molecule has 6 nitrogen and oxygen atoms in total. The van der Waals surface area contributed by atoms with Crippen LogP contribution >= 0.6 is 0 Å². The summed E-state index contributed by atoms with van der Waals surface area (Å²) in [5.41, 5.74) is 0.637. The molecule has 0 aliphatic carbocycles. The Kier molecular flexibility index (Phi) is 3.42. The van der Waals surface area contributed by atoms with Crippen LogP contribution in [-0.2, 0) is 9.53 Å². The Morgan fingerprint density at radius 3 is 2.92 bits per heavy atom. The number of carbonyl (C=O) groups is 2. The van der Waals surface area contributed by atoms with Crippen molar-refractivity contribution in [3.05, 3.63) is 29.6 Å². The van der Waals surface area contributed by atoms with Gasteiger partial charge in [0.2, 0.25) is 5.91 Å². The van der Waals surface area contributed by atoms with Crippen molar-refractivity contribution in [3.63, 3.8) is 0 Å². The number of ether oxygens (including phenoxy) is 1. The summed E-state index contributed by atoms with van der Waals surface area (Å²) < 4.78 is 6.16. The number of hydrogen-bond acceptors (Lipinski definition) is 4. The number of amides is 2. The molecule has 6 heteroatoms. The predicted molar refractivity (Wildman–Crippen MR) is 87.2 cm³/mol. The number of aromatic nitrogens is 1. The van der Waals surface area contributed by atoms with Crippen LogP contribution in [0.15, 0.2) is 18.2 Å². The molecule has 3 fully saturated rings. The van der Waals surface area contributed by atoms with Crippen molar-refractivity contribution in [1.29, 1.82) is 0 Å². The second-order valence-corrected chi connectivity index (χ2v) is 7.36. The average molecular weight is 329 g/mol. The van der Waals surface area contributed by atoms with E-state index < -0.39 is 5.72 Å². The monoisotopic (exact) mass is 329 g/mol. The Labute approximate surface area is 141 Å². The van der Waals surface area contributed by atoms with Gasteiger partial charge in [-0.25, -0.2) is 4.98 Å². The second kappa shape index (κ2) is 5.28. The predicted octanol–water partition coefficient (Wildman–Crippen LogP) is 1.59. The lowest BCUT2D eigenvalue weighted by Gasteiger charge is -2.34. The molecule has 0 unspecified atom stereocenters. The van der Waals surface area contributed by atoms with E-state index in [0.717, 1.165) is 5.69 Å². The molecule has 1 aromatic heterocycles. The van der Waals surface area contributed by atoms with Gasteiger partial charge in [0.05, 0.1) is 25.1 Å². The van der Waals surface area contributed by atoms with Gasteiger partial charge in [0.15, 0.2) is 5.72 Å². The van der Waals surface area contributed by atoms with Crippen molar-refractivity contribution in [1.82, 2.24) is 14.8 Å². The summed E-state index contributed by atoms with van der Waals surface area (Å²) in [6, 6.07) is 5.35. The first-order chi connectivity index (χ1) is 11.4. The fourth-order valence-electron chi connectivity index (χ4n) is 4.42. The van der Waals surface area contributed by atoms with Crippen LogP contribution in [-0.4, -0.2) is 57.6 Å². The lowest BCUT2D eigenvalue weighted by Crippen LogP contribution is -2.51. The third kappa shape index (κ3) is 2.02. The van der Waals surface area contributed by atoms with Gasteiger partial charge >= 0.3 is 0 Å². The first-order valence-corrected chi connectivity index (χ1v) is 8.65. The molecule has 3 atom stereocenters. The number of carbonyl (C=O) groups excluding carboxylic acids is 2. The largest absolute Gasteiger partial charge is 0.351 e. The number of rotatable bonds is 2. The van der Waals surface area contributed by atoms with Crippen LogP contribution in [0.5, 0.6) is 0 Å². The van der Waals surface area contributed by atoms with E-state index in [9.17, 15) is 9.59 Å². The maximum atomic E-state index is 12.9. The van der Waals surface area contributed by atoms with E-state index in [1.54, 1.807) is 11.0 Å². The van der Waals surface area contributed by atoms with Gasteiger partial charge in [-0.2, -0.15) is 0 Å². The minimum absolute atomic E-state index is 0.103. The first kappa shape index (κ1) is 15.6. The van der Waals surface area contributed by atoms with E-state index in [2.05, 4.69) is 18.8 Å². The van der Waals surface area contributed by atoms with Gasteiger partial charge in [-0.15, -0.1) is 0 Å². The third-order valence-electron chi connectivity index (χ3n) is 5.63. The third-order valence-corrected chi connectivity index (χ3v) is 5.63. The molecule has 3 saturated heterocycles. The summed E-state index contributed by atoms with van der Waals surface area (Å²) >= 11 is 0. The molecular weight excluding hydrogens is 306 g/mol. The Morgan fingerprint density at radius 2 is 2.21 bits per heavy atom. The summed E-state index contributed by atoms with van der Waals surface area (Å²) in [6.45, 7) is 7.26. The van der Waals surface area contributed by atoms with Gasteiger partial charge < -0.3 is 14.5 Å². The summed E-state index contributed by atoms with van der Waals surface area (Å²) in [7, 11) is 0. The van der Waals surface area contributed by atoms with Crippen molar-refractivity contribution >= 4 is 11.8 Å². The molecule has 2 amide bonds. The zero-order chi connectivity index (χ0) is 17.1. The summed E-state index contributed by atoms with van der Waals surface area (Å²) in [6.07, 6.45) is 1.03. The number of nitrogens with zero attached hydrogens (tertiary/aromatic N) is 3. The highest BCUT2D eigenvalue weighted by Gasteiger charge is 2.65. The molecule has 0 aromatic carbocycles. The van der Waals surface area contributed by atoms with Crippen LogP contribution in [0, 0.1) is 12.8 Å². The normalized spacial score (nSPS) is 31.8. The van der Waals surface area contributed by atoms with Gasteiger partial charge in [-0.3, -0.25) is 9.59 Å². The van der Waals surface area contributed by atoms with Gasteiger partial charge in [0, 0.05) is 18.7 Å². The maximum Gasteiger partial charge on any atom is 0.272 e. The second-order valence-electron chi connectivity index (χ2n) is 7.36. The van der Waals surface area contributed by atoms with Crippen molar-refractivity contribution in [3.8, 4) is 0 Å². The van der Waals surface area contributed by atoms with Gasteiger partial charge in [-0.1, -0.05) is 19.9 Å². The first-order valence-electron chi connectivity index (χ1n) is 8.65. The van der Waals surface area contributed by atoms with Gasteiger partial charge in [-0.05, 0) is 25.0 Å². The van der Waals surface area contributed by atoms with Gasteiger partial charge in [0.1, 0.15) is 5.69 Å². The van der Waals surface area contributed by atoms with Crippen LogP contribution in [0.3, 0.4) is 0 Å². The summed E-state index contributed by atoms with van der Waals surface area (Å²) in [5.74, 6) is 0.341. The molecular formula is C18H23N3O3. The van der Waals surface area contributed by atoms with E-state index in [1.807, 2.05) is 24.0 Å². The number of likely N-dealkylation sites (tertiary alicyclic amines) is 1. The van der Waals surface area contributed by atoms with E-state index in [-0.39, 0.29) is 23.9 Å². The summed E-state index contributed by atoms with van der Waals surface area (Å²) in [4.78, 5) is 33.6. The minimum atomic E-state index is -0.620. The SMILES string of the molecule is Cc1cccc(C(=O)N2CC[C@@]34OC[C@@H](C(C)C)N3C(=O)C[C@@H]24)n1. The molecule has 1 aromatic rings. The number of pyridine rings is 1. The minimum Gasteiger partial charge on any atom is -0.351 e. The van der Waals surface area contributed by atoms with E-state index >= 15 is 0 Å². The van der Waals surface area contributed by atoms with Crippen LogP contribution in [0.1, 0.15) is 42.9 Å². The molecule has 4 rings (SSSR count). The fourth-order valence-corrected chi connectivity index (χ4v) is 4.42. The highest BCUT2D eigenvalue weighted by atomic mass is 16.5. The quantitative estimate of drug-likeness (QED) is 0.826. The maximum absolute atomic E-state index is 12.9. The van der Waals surface area contributed by atoms with E-state index in [0.29, 0.717) is 37.6 Å². The molecule has 0 bridgehead atoms. The molecule has 128 valence electrons. The molecule has 3 aliphatic heterocycles. The topological polar surface area (TPSA) is 62.7 Å². The van der Waals surface area contributed by atoms with Crippen molar-refractivity contribution in [2.45, 2.75) is 51.4 Å². The molecule has 4 heterocycles. The van der Waals surface area contributed by atoms with Crippen LogP contribution in [0.2, 0.25) is 0 Å². The smallest absolute Gasteiger partial charge is 0.272 e. The summed E-state index contributed by atoms with van der Waals surface area (Å²) in [5, 5.41) is 0. The Balaban J connectivity index is 1.64. The van der Waals surface area contributed by atoms with Crippen LogP contribution < -0.4 is 0 Å². The van der Waals surface area contributed by atoms with Crippen LogP contribution in [0.25, 0.3) is 0 Å². The lowest BCUT2D eigenvalue weighted by atomic mass is 10.0. The highest BCUT2D eigenvalue weighted by molar-refractivity contribution is 5.94. The standard InChI is InChI=1S/C18H23N3O3/c1-11(2)14-10-24-18-7-8-20(15(18)9-16(22)21(14)18)17(23)13-6-4-5-12(3)19-13/h4-6,11,14-15H,7-10H2,1-3H3/t14-,15+,18-/m0/s1. The van der Waals surface area contributed by atoms with Crippen LogP contribution in [0.4, 0.5) is 0 Å². The van der Waals surface area contributed by atoms with E-state index in [1.165, 1.54) is 0 Å². The lowest BCUT2D eigenvalue weighted by molar-refractivity contribution is -0.139. The molecule has 1 spiro atoms. The fraction of sp³-hybridized carbons (Fsp3) is 0.611. The zero-order valence-electron chi connectivity index (χ0n) is 14.4. The molecule has 0 N–H and O–H groups in total. The Bertz CT molecular complexity index is 705. The molecule has 0 radical (unpaired) electrons. The van der Waals surface area contributed by atoms with Crippen molar-refractivity contribution in [2.24, 2.45) is 5.92 Å². The van der Waals surface area contributed by atoms with Crippen molar-refractivity contribution < 1.29 is 14.3 Å². The highest BCUT2D eigenvalue weighted by Crippen LogP contribution is 2.49. The number of hydrogen-bond donors (Lipinski definition) is 0. The number of aryl methyl sites for hydroxylation is 1. The van der Waals surface area contributed by atoms with E-state index in [4.69, 9.17) is 4.74 Å². The average Bonchev–Trinajstić information content (AvgIpc) is 3.16.